The number of methoxy groups -OCH3 is 1. The lowest BCUT2D eigenvalue weighted by Gasteiger charge is -2.13. The Balaban J connectivity index is 1.93. The van der Waals surface area contributed by atoms with Gasteiger partial charge < -0.3 is 14.0 Å². The highest BCUT2D eigenvalue weighted by Gasteiger charge is 2.29. The van der Waals surface area contributed by atoms with E-state index in [9.17, 15) is 10.1 Å². The normalized spacial score (nSPS) is 11.2. The Morgan fingerprint density at radius 1 is 0.909 bits per heavy atom. The zero-order valence-corrected chi connectivity index (χ0v) is 18.1. The Kier molecular flexibility index (Phi) is 5.50. The third-order valence-electron chi connectivity index (χ3n) is 5.76. The van der Waals surface area contributed by atoms with Crippen LogP contribution in [0.3, 0.4) is 0 Å². The highest BCUT2D eigenvalue weighted by atomic mass is 16.7. The van der Waals surface area contributed by atoms with E-state index in [2.05, 4.69) is 0 Å². The van der Waals surface area contributed by atoms with Crippen LogP contribution in [0.4, 0.5) is 5.69 Å². The molecule has 0 fully saturated rings. The monoisotopic (exact) mass is 438 g/mol. The molecule has 6 nitrogen and oxygen atoms in total. The smallest absolute Gasteiger partial charge is 0.301 e. The molecular weight excluding hydrogens is 416 g/mol. The molecule has 1 heterocycles. The van der Waals surface area contributed by atoms with Crippen LogP contribution in [0.2, 0.25) is 0 Å². The third kappa shape index (κ3) is 3.70. The Morgan fingerprint density at radius 3 is 2.27 bits per heavy atom. The second-order valence-corrected chi connectivity index (χ2v) is 7.76. The molecule has 0 aliphatic rings. The van der Waals surface area contributed by atoms with Gasteiger partial charge in [-0.05, 0) is 23.3 Å². The zero-order chi connectivity index (χ0) is 22.8. The summed E-state index contributed by atoms with van der Waals surface area (Å²) < 4.78 is 13.2. The van der Waals surface area contributed by atoms with Crippen molar-refractivity contribution in [2.45, 2.75) is 6.54 Å². The number of nitro benzene ring substituents is 1. The molecular formula is C27H22N2O4. The van der Waals surface area contributed by atoms with E-state index in [1.165, 1.54) is 0 Å². The van der Waals surface area contributed by atoms with E-state index in [0.29, 0.717) is 28.8 Å². The van der Waals surface area contributed by atoms with Crippen molar-refractivity contribution < 1.29 is 14.4 Å². The molecule has 0 saturated carbocycles. The van der Waals surface area contributed by atoms with Crippen LogP contribution in [0.15, 0.2) is 91.0 Å². The number of benzene rings is 4. The van der Waals surface area contributed by atoms with Gasteiger partial charge in [-0.3, -0.25) is 10.1 Å². The van der Waals surface area contributed by atoms with E-state index in [4.69, 9.17) is 9.47 Å². The number of fused-ring (bicyclic) bond motifs is 3. The molecule has 6 heteroatoms. The Morgan fingerprint density at radius 2 is 1.58 bits per heavy atom. The van der Waals surface area contributed by atoms with Crippen LogP contribution in [0.1, 0.15) is 5.56 Å². The maximum absolute atomic E-state index is 12.5. The number of hydrogen-bond acceptors (Lipinski definition) is 4. The molecule has 0 N–H and O–H groups in total. The van der Waals surface area contributed by atoms with E-state index >= 15 is 0 Å². The Hall–Kier alpha value is -4.16. The molecule has 0 bridgehead atoms. The fourth-order valence-corrected chi connectivity index (χ4v) is 4.39. The standard InChI is InChI=1S/C27H22N2O4/c1-32-18-33-24-16-22(20-12-6-3-7-13-20)26(29(30)31)27-25(24)21-14-8-9-15-23(21)28(27)17-19-10-4-2-5-11-19/h2-16H,17-18H2,1H3. The van der Waals surface area contributed by atoms with Crippen LogP contribution in [0.25, 0.3) is 32.9 Å². The third-order valence-corrected chi connectivity index (χ3v) is 5.76. The molecule has 1 aromatic heterocycles. The molecule has 5 aromatic rings. The van der Waals surface area contributed by atoms with Crippen molar-refractivity contribution >= 4 is 27.5 Å². The second kappa shape index (κ2) is 8.76. The molecule has 0 aliphatic carbocycles. The summed E-state index contributed by atoms with van der Waals surface area (Å²) in [5.41, 5.74) is 3.83. The van der Waals surface area contributed by atoms with E-state index < -0.39 is 0 Å². The number of aromatic nitrogens is 1. The summed E-state index contributed by atoms with van der Waals surface area (Å²) in [6.45, 7) is 0.535. The first-order chi connectivity index (χ1) is 16.2. The second-order valence-electron chi connectivity index (χ2n) is 7.76. The highest BCUT2D eigenvalue weighted by Crippen LogP contribution is 2.46. The van der Waals surface area contributed by atoms with Gasteiger partial charge in [-0.2, -0.15) is 0 Å². The lowest BCUT2D eigenvalue weighted by molar-refractivity contribution is -0.382. The molecule has 0 aliphatic heterocycles. The molecule has 33 heavy (non-hydrogen) atoms. The topological polar surface area (TPSA) is 66.5 Å². The average molecular weight is 438 g/mol. The van der Waals surface area contributed by atoms with Crippen molar-refractivity contribution in [2.24, 2.45) is 0 Å². The summed E-state index contributed by atoms with van der Waals surface area (Å²) in [6.07, 6.45) is 0. The first-order valence-corrected chi connectivity index (χ1v) is 10.6. The SMILES string of the molecule is COCOc1cc(-c2ccccc2)c([N+](=O)[O-])c2c1c1ccccc1n2Cc1ccccc1. The van der Waals surface area contributed by atoms with Gasteiger partial charge >= 0.3 is 5.69 Å². The summed E-state index contributed by atoms with van der Waals surface area (Å²) in [4.78, 5) is 12.3. The lowest BCUT2D eigenvalue weighted by Crippen LogP contribution is -2.05. The fourth-order valence-electron chi connectivity index (χ4n) is 4.39. The van der Waals surface area contributed by atoms with E-state index in [1.807, 2.05) is 89.5 Å². The van der Waals surface area contributed by atoms with Crippen molar-refractivity contribution in [3.05, 3.63) is 107 Å². The average Bonchev–Trinajstić information content (AvgIpc) is 3.17. The maximum Gasteiger partial charge on any atom is 0.301 e. The van der Waals surface area contributed by atoms with Gasteiger partial charge in [0.05, 0.1) is 15.9 Å². The summed E-state index contributed by atoms with van der Waals surface area (Å²) >= 11 is 0. The molecule has 0 unspecified atom stereocenters. The first-order valence-electron chi connectivity index (χ1n) is 10.6. The van der Waals surface area contributed by atoms with E-state index in [0.717, 1.165) is 22.0 Å². The van der Waals surface area contributed by atoms with E-state index in [-0.39, 0.29) is 17.4 Å². The van der Waals surface area contributed by atoms with Crippen molar-refractivity contribution in [3.63, 3.8) is 0 Å². The minimum Gasteiger partial charge on any atom is -0.467 e. The molecule has 164 valence electrons. The van der Waals surface area contributed by atoms with Crippen molar-refractivity contribution in [3.8, 4) is 16.9 Å². The molecule has 0 spiro atoms. The van der Waals surface area contributed by atoms with Crippen LogP contribution in [-0.2, 0) is 11.3 Å². The number of nitrogens with zero attached hydrogens (tertiary/aromatic N) is 2. The van der Waals surface area contributed by atoms with Crippen LogP contribution in [0, 0.1) is 10.1 Å². The van der Waals surface area contributed by atoms with Crippen LogP contribution >= 0.6 is 0 Å². The summed E-state index contributed by atoms with van der Waals surface area (Å²) in [5.74, 6) is 0.555. The molecule has 5 rings (SSSR count). The Labute approximate surface area is 190 Å². The van der Waals surface area contributed by atoms with E-state index in [1.54, 1.807) is 13.2 Å². The van der Waals surface area contributed by atoms with Crippen LogP contribution in [0.5, 0.6) is 5.75 Å². The van der Waals surface area contributed by atoms with Crippen molar-refractivity contribution in [1.29, 1.82) is 0 Å². The van der Waals surface area contributed by atoms with Gasteiger partial charge in [0.2, 0.25) is 0 Å². The number of ether oxygens (including phenoxy) is 2. The largest absolute Gasteiger partial charge is 0.467 e. The maximum atomic E-state index is 12.5. The lowest BCUT2D eigenvalue weighted by atomic mass is 10.00. The van der Waals surface area contributed by atoms with Crippen LogP contribution in [-0.4, -0.2) is 23.4 Å². The Bertz CT molecular complexity index is 1440. The summed E-state index contributed by atoms with van der Waals surface area (Å²) in [5, 5.41) is 14.2. The predicted molar refractivity (Wildman–Crippen MR) is 130 cm³/mol. The van der Waals surface area contributed by atoms with Crippen LogP contribution < -0.4 is 4.74 Å². The molecule has 4 aromatic carbocycles. The minimum atomic E-state index is -0.287. The minimum absolute atomic E-state index is 0.0410. The summed E-state index contributed by atoms with van der Waals surface area (Å²) in [7, 11) is 1.55. The van der Waals surface area contributed by atoms with Crippen molar-refractivity contribution in [1.82, 2.24) is 4.57 Å². The highest BCUT2D eigenvalue weighted by molar-refractivity contribution is 6.16. The first kappa shape index (κ1) is 20.7. The predicted octanol–water partition coefficient (Wildman–Crippen LogP) is 6.40. The van der Waals surface area contributed by atoms with Gasteiger partial charge in [-0.1, -0.05) is 78.9 Å². The van der Waals surface area contributed by atoms with Gasteiger partial charge in [0, 0.05) is 24.6 Å². The number of para-hydroxylation sites is 1. The van der Waals surface area contributed by atoms with Crippen molar-refractivity contribution in [2.75, 3.05) is 13.9 Å². The van der Waals surface area contributed by atoms with Gasteiger partial charge in [-0.15, -0.1) is 0 Å². The molecule has 0 atom stereocenters. The summed E-state index contributed by atoms with van der Waals surface area (Å²) in [6, 6.07) is 28.9. The molecule has 0 radical (unpaired) electrons. The zero-order valence-electron chi connectivity index (χ0n) is 18.1. The number of rotatable bonds is 7. The number of hydrogen-bond donors (Lipinski definition) is 0. The van der Waals surface area contributed by atoms with Gasteiger partial charge in [-0.25, -0.2) is 0 Å². The van der Waals surface area contributed by atoms with Gasteiger partial charge in [0.1, 0.15) is 11.3 Å². The molecule has 0 amide bonds. The van der Waals surface area contributed by atoms with Gasteiger partial charge in [0.25, 0.3) is 0 Å². The fraction of sp³-hybridized carbons (Fsp3) is 0.111. The quantitative estimate of drug-likeness (QED) is 0.167. The number of nitro groups is 1. The molecule has 0 saturated heterocycles. The van der Waals surface area contributed by atoms with Gasteiger partial charge in [0.15, 0.2) is 6.79 Å².